The number of nitriles is 1. The van der Waals surface area contributed by atoms with Gasteiger partial charge in [0.15, 0.2) is 0 Å². The fourth-order valence-electron chi connectivity index (χ4n) is 3.79. The summed E-state index contributed by atoms with van der Waals surface area (Å²) >= 11 is 5.71. The molecule has 2 unspecified atom stereocenters. The van der Waals surface area contributed by atoms with Crippen LogP contribution in [0.25, 0.3) is 0 Å². The highest BCUT2D eigenvalue weighted by Crippen LogP contribution is 2.32. The summed E-state index contributed by atoms with van der Waals surface area (Å²) in [4.78, 5) is 13.6. The molecule has 2 atom stereocenters. The maximum absolute atomic E-state index is 12.2. The zero-order valence-electron chi connectivity index (χ0n) is 21.4. The summed E-state index contributed by atoms with van der Waals surface area (Å²) in [7, 11) is 0. The lowest BCUT2D eigenvalue weighted by Crippen LogP contribution is -2.32. The third-order valence-corrected chi connectivity index (χ3v) is 6.52. The fraction of sp³-hybridized carbons (Fsp3) is 0.500. The number of aryl methyl sites for hydroxylation is 2. The van der Waals surface area contributed by atoms with Crippen molar-refractivity contribution >= 4 is 17.5 Å². The Morgan fingerprint density at radius 1 is 1.14 bits per heavy atom. The number of nitrogens with zero attached hydrogens (tertiary/aromatic N) is 2. The van der Waals surface area contributed by atoms with Crippen molar-refractivity contribution in [3.05, 3.63) is 69.7 Å². The molecule has 0 saturated carbocycles. The molecule has 0 radical (unpaired) electrons. The maximum Gasteiger partial charge on any atom is 0.416 e. The minimum Gasteiger partial charge on any atom is -0.340 e. The summed E-state index contributed by atoms with van der Waals surface area (Å²) < 4.78 is 36.7. The molecule has 35 heavy (non-hydrogen) atoms. The van der Waals surface area contributed by atoms with Crippen LogP contribution in [0.4, 0.5) is 13.2 Å². The van der Waals surface area contributed by atoms with Crippen LogP contribution in [0, 0.1) is 30.1 Å². The first-order valence-electron chi connectivity index (χ1n) is 12.0. The molecule has 0 N–H and O–H groups in total. The fourth-order valence-corrected chi connectivity index (χ4v) is 4.07. The summed E-state index contributed by atoms with van der Waals surface area (Å²) in [5, 5.41) is 9.00. The van der Waals surface area contributed by atoms with Gasteiger partial charge < -0.3 is 4.90 Å². The third kappa shape index (κ3) is 9.57. The van der Waals surface area contributed by atoms with E-state index >= 15 is 0 Å². The predicted octanol–water partition coefficient (Wildman–Crippen LogP) is 8.08. The molecule has 7 heteroatoms. The first-order valence-corrected chi connectivity index (χ1v) is 12.3. The second kappa shape index (κ2) is 14.1. The number of halogens is 4. The van der Waals surface area contributed by atoms with Crippen LogP contribution in [0.3, 0.4) is 0 Å². The van der Waals surface area contributed by atoms with Gasteiger partial charge in [-0.1, -0.05) is 63.1 Å². The summed E-state index contributed by atoms with van der Waals surface area (Å²) in [6.45, 7) is 13.3. The van der Waals surface area contributed by atoms with Gasteiger partial charge in [0.2, 0.25) is 5.91 Å². The summed E-state index contributed by atoms with van der Waals surface area (Å²) in [5.74, 6) is 1.63. The molecule has 1 fully saturated rings. The van der Waals surface area contributed by atoms with E-state index in [-0.39, 0.29) is 0 Å². The molecule has 1 heterocycles. The molecule has 3 rings (SSSR count). The van der Waals surface area contributed by atoms with E-state index in [2.05, 4.69) is 27.7 Å². The molecule has 1 amide bonds. The Labute approximate surface area is 212 Å². The molecule has 0 aliphatic carbocycles. The van der Waals surface area contributed by atoms with Crippen molar-refractivity contribution in [2.45, 2.75) is 73.0 Å². The number of alkyl halides is 3. The lowest BCUT2D eigenvalue weighted by molar-refractivity contribution is -0.138. The van der Waals surface area contributed by atoms with Crippen molar-refractivity contribution in [1.82, 2.24) is 4.90 Å². The molecule has 192 valence electrons. The van der Waals surface area contributed by atoms with E-state index in [4.69, 9.17) is 16.9 Å². The minimum atomic E-state index is -4.22. The van der Waals surface area contributed by atoms with Crippen LogP contribution in [0.1, 0.15) is 69.7 Å². The Kier molecular flexibility index (Phi) is 12.3. The molecule has 1 aliphatic heterocycles. The van der Waals surface area contributed by atoms with E-state index < -0.39 is 11.7 Å². The van der Waals surface area contributed by atoms with Crippen molar-refractivity contribution in [2.24, 2.45) is 11.8 Å². The van der Waals surface area contributed by atoms with Gasteiger partial charge in [0.1, 0.15) is 6.07 Å². The highest BCUT2D eigenvalue weighted by atomic mass is 35.5. The smallest absolute Gasteiger partial charge is 0.340 e. The topological polar surface area (TPSA) is 44.1 Å². The van der Waals surface area contributed by atoms with E-state index in [1.54, 1.807) is 25.1 Å². The van der Waals surface area contributed by atoms with Gasteiger partial charge in [0, 0.05) is 19.0 Å². The van der Waals surface area contributed by atoms with E-state index in [0.29, 0.717) is 46.4 Å². The van der Waals surface area contributed by atoms with Crippen molar-refractivity contribution < 1.29 is 18.0 Å². The number of hydrogen-bond donors (Lipinski definition) is 0. The Morgan fingerprint density at radius 2 is 1.77 bits per heavy atom. The predicted molar refractivity (Wildman–Crippen MR) is 136 cm³/mol. The Balaban J connectivity index is 0.000000265. The van der Waals surface area contributed by atoms with Gasteiger partial charge in [-0.3, -0.25) is 4.79 Å². The first kappa shape index (κ1) is 30.5. The number of benzene rings is 2. The van der Waals surface area contributed by atoms with Crippen LogP contribution in [0.15, 0.2) is 42.5 Å². The van der Waals surface area contributed by atoms with Gasteiger partial charge in [-0.15, -0.1) is 0 Å². The van der Waals surface area contributed by atoms with Gasteiger partial charge in [0.25, 0.3) is 0 Å². The van der Waals surface area contributed by atoms with Crippen molar-refractivity contribution in [3.8, 4) is 6.07 Å². The molecule has 1 aliphatic rings. The first-order chi connectivity index (χ1) is 16.3. The minimum absolute atomic E-state index is 0.348. The average Bonchev–Trinajstić information content (AvgIpc) is 3.21. The number of rotatable bonds is 4. The summed E-state index contributed by atoms with van der Waals surface area (Å²) in [6.07, 6.45) is -1.85. The van der Waals surface area contributed by atoms with Crippen molar-refractivity contribution in [2.75, 3.05) is 6.54 Å². The number of likely N-dealkylation sites (tertiary alicyclic amines) is 1. The second-order valence-electron chi connectivity index (χ2n) is 9.09. The molecule has 0 bridgehead atoms. The molecular formula is C28H36ClF3N2O. The van der Waals surface area contributed by atoms with Crippen LogP contribution >= 0.6 is 11.6 Å². The normalized spacial score (nSPS) is 16.1. The highest BCUT2D eigenvalue weighted by Gasteiger charge is 2.33. The van der Waals surface area contributed by atoms with E-state index in [9.17, 15) is 18.0 Å². The van der Waals surface area contributed by atoms with Gasteiger partial charge in [0.05, 0.1) is 16.1 Å². The Morgan fingerprint density at radius 3 is 2.20 bits per heavy atom. The molecule has 0 spiro atoms. The molecule has 0 aromatic heterocycles. The van der Waals surface area contributed by atoms with Gasteiger partial charge in [-0.25, -0.2) is 0 Å². The van der Waals surface area contributed by atoms with Crippen LogP contribution in [-0.4, -0.2) is 23.4 Å². The third-order valence-electron chi connectivity index (χ3n) is 6.21. The second-order valence-corrected chi connectivity index (χ2v) is 9.50. The molecule has 1 saturated heterocycles. The number of carbonyl (C=O) groups is 1. The summed E-state index contributed by atoms with van der Waals surface area (Å²) in [5.41, 5.74) is 1.44. The quantitative estimate of drug-likeness (QED) is 0.419. The Bertz CT molecular complexity index is 998. The standard InChI is InChI=1S/C11H21NO.C9H9F3.C8H6ClN/c1-5-9(4)10-6-11(13)12(7-10)8(2)3;1-2-7-5-3-4-6-8(7)9(10,11)12;1-6-2-3-7(5-10)8(9)4-6/h8-10H,5-7H2,1-4H3;3-6H,2H2,1H3;2-4H,1H3. The van der Waals surface area contributed by atoms with E-state index in [0.717, 1.165) is 24.6 Å². The SMILES string of the molecule is CCC(C)C1CC(=O)N(C(C)C)C1.CCc1ccccc1C(F)(F)F.Cc1ccc(C#N)c(Cl)c1. The molecule has 3 nitrogen and oxygen atoms in total. The van der Waals surface area contributed by atoms with E-state index in [1.165, 1.54) is 18.6 Å². The molecular weight excluding hydrogens is 473 g/mol. The monoisotopic (exact) mass is 508 g/mol. The average molecular weight is 509 g/mol. The number of hydrogen-bond acceptors (Lipinski definition) is 2. The van der Waals surface area contributed by atoms with Crippen LogP contribution in [-0.2, 0) is 17.4 Å². The van der Waals surface area contributed by atoms with Crippen LogP contribution in [0.5, 0.6) is 0 Å². The molecule has 2 aromatic carbocycles. The van der Waals surface area contributed by atoms with Gasteiger partial charge in [-0.2, -0.15) is 18.4 Å². The van der Waals surface area contributed by atoms with Crippen molar-refractivity contribution in [3.63, 3.8) is 0 Å². The maximum atomic E-state index is 12.2. The lowest BCUT2D eigenvalue weighted by Gasteiger charge is -2.22. The van der Waals surface area contributed by atoms with Gasteiger partial charge >= 0.3 is 6.18 Å². The number of amides is 1. The number of carbonyl (C=O) groups excluding carboxylic acids is 1. The Hall–Kier alpha value is -2.52. The summed E-state index contributed by atoms with van der Waals surface area (Å²) in [6, 6.07) is 13.4. The van der Waals surface area contributed by atoms with Gasteiger partial charge in [-0.05, 0) is 68.4 Å². The lowest BCUT2D eigenvalue weighted by atomic mass is 9.91. The van der Waals surface area contributed by atoms with Crippen LogP contribution in [0.2, 0.25) is 5.02 Å². The van der Waals surface area contributed by atoms with E-state index in [1.807, 2.05) is 24.0 Å². The highest BCUT2D eigenvalue weighted by molar-refractivity contribution is 6.31. The zero-order valence-corrected chi connectivity index (χ0v) is 22.2. The zero-order chi connectivity index (χ0) is 26.8. The largest absolute Gasteiger partial charge is 0.416 e. The van der Waals surface area contributed by atoms with Crippen LogP contribution < -0.4 is 0 Å². The van der Waals surface area contributed by atoms with Crippen molar-refractivity contribution in [1.29, 1.82) is 5.26 Å². The molecule has 2 aromatic rings.